The van der Waals surface area contributed by atoms with Crippen LogP contribution in [-0.4, -0.2) is 18.1 Å². The standard InChI is InChI=1S/C16H22N2OS/c1-2-3-9-19-15-6-4-13(5-7-15)11-14(12-17)16-18-8-10-20-16/h4-8,10,14H,2-3,9,11-12,17H2,1H3. The summed E-state index contributed by atoms with van der Waals surface area (Å²) in [6, 6.07) is 8.33. The molecular formula is C16H22N2OS. The van der Waals surface area contributed by atoms with Crippen LogP contribution in [0.25, 0.3) is 0 Å². The van der Waals surface area contributed by atoms with E-state index in [9.17, 15) is 0 Å². The molecular weight excluding hydrogens is 268 g/mol. The van der Waals surface area contributed by atoms with Crippen molar-refractivity contribution in [2.75, 3.05) is 13.2 Å². The van der Waals surface area contributed by atoms with Gasteiger partial charge in [-0.1, -0.05) is 25.5 Å². The number of aromatic nitrogens is 1. The topological polar surface area (TPSA) is 48.1 Å². The van der Waals surface area contributed by atoms with Crippen LogP contribution in [0.3, 0.4) is 0 Å². The van der Waals surface area contributed by atoms with Gasteiger partial charge in [-0.05, 0) is 30.5 Å². The second-order valence-electron chi connectivity index (χ2n) is 4.85. The van der Waals surface area contributed by atoms with Gasteiger partial charge in [-0.2, -0.15) is 0 Å². The molecule has 0 amide bonds. The summed E-state index contributed by atoms with van der Waals surface area (Å²) in [5, 5.41) is 3.12. The van der Waals surface area contributed by atoms with Gasteiger partial charge in [0, 0.05) is 24.0 Å². The molecule has 1 heterocycles. The molecule has 1 atom stereocenters. The molecule has 0 spiro atoms. The Morgan fingerprint density at radius 3 is 2.70 bits per heavy atom. The van der Waals surface area contributed by atoms with Gasteiger partial charge in [0.25, 0.3) is 0 Å². The van der Waals surface area contributed by atoms with Crippen molar-refractivity contribution in [3.05, 3.63) is 46.4 Å². The molecule has 0 radical (unpaired) electrons. The first-order chi connectivity index (χ1) is 9.83. The molecule has 0 aliphatic heterocycles. The van der Waals surface area contributed by atoms with Crippen LogP contribution in [0.1, 0.15) is 36.3 Å². The van der Waals surface area contributed by atoms with Crippen molar-refractivity contribution in [1.29, 1.82) is 0 Å². The summed E-state index contributed by atoms with van der Waals surface area (Å²) in [6.07, 6.45) is 5.03. The fourth-order valence-corrected chi connectivity index (χ4v) is 2.80. The van der Waals surface area contributed by atoms with Gasteiger partial charge in [0.1, 0.15) is 5.75 Å². The first-order valence-electron chi connectivity index (χ1n) is 7.14. The third-order valence-electron chi connectivity index (χ3n) is 3.26. The normalized spacial score (nSPS) is 12.3. The molecule has 0 saturated carbocycles. The van der Waals surface area contributed by atoms with Crippen LogP contribution >= 0.6 is 11.3 Å². The Morgan fingerprint density at radius 2 is 2.10 bits per heavy atom. The fraction of sp³-hybridized carbons (Fsp3) is 0.438. The second-order valence-corrected chi connectivity index (χ2v) is 5.78. The maximum absolute atomic E-state index is 5.86. The van der Waals surface area contributed by atoms with Crippen molar-refractivity contribution in [2.45, 2.75) is 32.1 Å². The predicted molar refractivity (Wildman–Crippen MR) is 84.5 cm³/mol. The lowest BCUT2D eigenvalue weighted by Gasteiger charge is -2.12. The summed E-state index contributed by atoms with van der Waals surface area (Å²) in [5.74, 6) is 1.25. The third-order valence-corrected chi connectivity index (χ3v) is 4.20. The Morgan fingerprint density at radius 1 is 1.30 bits per heavy atom. The zero-order valence-electron chi connectivity index (χ0n) is 11.9. The zero-order valence-corrected chi connectivity index (χ0v) is 12.7. The van der Waals surface area contributed by atoms with Crippen LogP contribution in [0.15, 0.2) is 35.8 Å². The van der Waals surface area contributed by atoms with E-state index in [2.05, 4.69) is 24.0 Å². The molecule has 0 bridgehead atoms. The average Bonchev–Trinajstić information content (AvgIpc) is 3.00. The maximum atomic E-state index is 5.86. The maximum Gasteiger partial charge on any atom is 0.119 e. The number of hydrogen-bond acceptors (Lipinski definition) is 4. The lowest BCUT2D eigenvalue weighted by molar-refractivity contribution is 0.309. The monoisotopic (exact) mass is 290 g/mol. The van der Waals surface area contributed by atoms with Crippen LogP contribution in [-0.2, 0) is 6.42 Å². The number of rotatable bonds is 8. The van der Waals surface area contributed by atoms with Crippen molar-refractivity contribution in [2.24, 2.45) is 5.73 Å². The van der Waals surface area contributed by atoms with Crippen molar-refractivity contribution in [3.63, 3.8) is 0 Å². The van der Waals surface area contributed by atoms with E-state index in [0.29, 0.717) is 12.5 Å². The van der Waals surface area contributed by atoms with Gasteiger partial charge in [0.05, 0.1) is 11.6 Å². The van der Waals surface area contributed by atoms with E-state index in [-0.39, 0.29) is 0 Å². The van der Waals surface area contributed by atoms with Crippen molar-refractivity contribution in [3.8, 4) is 5.75 Å². The Balaban J connectivity index is 1.92. The van der Waals surface area contributed by atoms with E-state index in [1.807, 2.05) is 23.7 Å². The zero-order chi connectivity index (χ0) is 14.2. The SMILES string of the molecule is CCCCOc1ccc(CC(CN)c2nccs2)cc1. The minimum absolute atomic E-state index is 0.307. The highest BCUT2D eigenvalue weighted by Crippen LogP contribution is 2.23. The van der Waals surface area contributed by atoms with E-state index in [1.165, 1.54) is 5.56 Å². The summed E-state index contributed by atoms with van der Waals surface area (Å²) >= 11 is 1.68. The molecule has 20 heavy (non-hydrogen) atoms. The minimum atomic E-state index is 0.307. The molecule has 0 fully saturated rings. The molecule has 0 aliphatic carbocycles. The van der Waals surface area contributed by atoms with Crippen LogP contribution in [0.4, 0.5) is 0 Å². The second kappa shape index (κ2) is 8.02. The molecule has 108 valence electrons. The van der Waals surface area contributed by atoms with E-state index >= 15 is 0 Å². The van der Waals surface area contributed by atoms with Gasteiger partial charge in [0.15, 0.2) is 0 Å². The highest BCUT2D eigenvalue weighted by atomic mass is 32.1. The van der Waals surface area contributed by atoms with Crippen LogP contribution in [0.2, 0.25) is 0 Å². The third kappa shape index (κ3) is 4.32. The highest BCUT2D eigenvalue weighted by Gasteiger charge is 2.13. The Labute approximate surface area is 124 Å². The van der Waals surface area contributed by atoms with E-state index in [0.717, 1.165) is 36.6 Å². The number of hydrogen-bond donors (Lipinski definition) is 1. The number of benzene rings is 1. The molecule has 2 N–H and O–H groups in total. The first-order valence-corrected chi connectivity index (χ1v) is 8.02. The molecule has 1 aromatic carbocycles. The summed E-state index contributed by atoms with van der Waals surface area (Å²) in [7, 11) is 0. The Bertz CT molecular complexity index is 482. The number of unbranched alkanes of at least 4 members (excludes halogenated alkanes) is 1. The smallest absolute Gasteiger partial charge is 0.119 e. The van der Waals surface area contributed by atoms with E-state index in [4.69, 9.17) is 10.5 Å². The fourth-order valence-electron chi connectivity index (χ4n) is 2.05. The van der Waals surface area contributed by atoms with Crippen molar-refractivity contribution in [1.82, 2.24) is 4.98 Å². The average molecular weight is 290 g/mol. The van der Waals surface area contributed by atoms with Gasteiger partial charge >= 0.3 is 0 Å². The molecule has 0 saturated heterocycles. The van der Waals surface area contributed by atoms with Gasteiger partial charge < -0.3 is 10.5 Å². The minimum Gasteiger partial charge on any atom is -0.494 e. The molecule has 1 unspecified atom stereocenters. The Hall–Kier alpha value is -1.39. The van der Waals surface area contributed by atoms with E-state index in [1.54, 1.807) is 11.3 Å². The highest BCUT2D eigenvalue weighted by molar-refractivity contribution is 7.09. The Kier molecular flexibility index (Phi) is 6.02. The van der Waals surface area contributed by atoms with Crippen molar-refractivity contribution < 1.29 is 4.74 Å². The summed E-state index contributed by atoms with van der Waals surface area (Å²) in [4.78, 5) is 4.36. The lowest BCUT2D eigenvalue weighted by atomic mass is 10.00. The van der Waals surface area contributed by atoms with Gasteiger partial charge in [-0.15, -0.1) is 11.3 Å². The number of nitrogens with zero attached hydrogens (tertiary/aromatic N) is 1. The van der Waals surface area contributed by atoms with E-state index < -0.39 is 0 Å². The molecule has 2 rings (SSSR count). The van der Waals surface area contributed by atoms with Crippen LogP contribution in [0, 0.1) is 0 Å². The lowest BCUT2D eigenvalue weighted by Crippen LogP contribution is -2.14. The summed E-state index contributed by atoms with van der Waals surface area (Å²) < 4.78 is 5.67. The number of ether oxygens (including phenoxy) is 1. The summed E-state index contributed by atoms with van der Waals surface area (Å²) in [5.41, 5.74) is 7.14. The molecule has 3 nitrogen and oxygen atoms in total. The largest absolute Gasteiger partial charge is 0.494 e. The molecule has 4 heteroatoms. The number of nitrogens with two attached hydrogens (primary N) is 1. The summed E-state index contributed by atoms with van der Waals surface area (Å²) in [6.45, 7) is 3.58. The predicted octanol–water partition coefficient (Wildman–Crippen LogP) is 3.61. The van der Waals surface area contributed by atoms with Crippen LogP contribution < -0.4 is 10.5 Å². The van der Waals surface area contributed by atoms with Gasteiger partial charge in [-0.3, -0.25) is 0 Å². The molecule has 1 aromatic heterocycles. The van der Waals surface area contributed by atoms with Gasteiger partial charge in [-0.25, -0.2) is 4.98 Å². The number of thiazole rings is 1. The quantitative estimate of drug-likeness (QED) is 0.756. The molecule has 2 aromatic rings. The van der Waals surface area contributed by atoms with Crippen molar-refractivity contribution >= 4 is 11.3 Å². The first kappa shape index (κ1) is 15.0. The van der Waals surface area contributed by atoms with Crippen LogP contribution in [0.5, 0.6) is 5.75 Å². The molecule has 0 aliphatic rings. The van der Waals surface area contributed by atoms with Gasteiger partial charge in [0.2, 0.25) is 0 Å².